The van der Waals surface area contributed by atoms with Gasteiger partial charge in [-0.15, -0.1) is 0 Å². The van der Waals surface area contributed by atoms with E-state index >= 15 is 0 Å². The Hall–Kier alpha value is -1.52. The van der Waals surface area contributed by atoms with Crippen molar-refractivity contribution in [2.75, 3.05) is 13.2 Å². The van der Waals surface area contributed by atoms with Crippen LogP contribution >= 0.6 is 0 Å². The summed E-state index contributed by atoms with van der Waals surface area (Å²) in [4.78, 5) is 0. The first-order valence-electron chi connectivity index (χ1n) is 8.22. The lowest BCUT2D eigenvalue weighted by Crippen LogP contribution is -2.35. The second-order valence-electron chi connectivity index (χ2n) is 6.40. The van der Waals surface area contributed by atoms with E-state index in [1.807, 2.05) is 18.2 Å². The first-order chi connectivity index (χ1) is 10.6. The fourth-order valence-corrected chi connectivity index (χ4v) is 2.95. The fourth-order valence-electron chi connectivity index (χ4n) is 2.95. The average Bonchev–Trinajstić information content (AvgIpc) is 2.89. The first-order valence-corrected chi connectivity index (χ1v) is 8.22. The highest BCUT2D eigenvalue weighted by atomic mass is 16.5. The van der Waals surface area contributed by atoms with Crippen molar-refractivity contribution in [2.24, 2.45) is 0 Å². The SMILES string of the molecule is CC(C)NCC(O)COc1ccc2oc3c(c2c1)CCCC3. The molecule has 0 radical (unpaired) electrons. The van der Waals surface area contributed by atoms with E-state index in [0.29, 0.717) is 19.2 Å². The summed E-state index contributed by atoms with van der Waals surface area (Å²) in [6, 6.07) is 6.30. The molecule has 1 heterocycles. The van der Waals surface area contributed by atoms with E-state index < -0.39 is 6.10 Å². The number of hydrogen-bond donors (Lipinski definition) is 2. The van der Waals surface area contributed by atoms with E-state index in [4.69, 9.17) is 9.15 Å². The molecule has 2 N–H and O–H groups in total. The Morgan fingerprint density at radius 3 is 2.91 bits per heavy atom. The zero-order valence-corrected chi connectivity index (χ0v) is 13.4. The number of ether oxygens (including phenoxy) is 1. The maximum Gasteiger partial charge on any atom is 0.134 e. The average molecular weight is 303 g/mol. The van der Waals surface area contributed by atoms with E-state index in [1.54, 1.807) is 0 Å². The summed E-state index contributed by atoms with van der Waals surface area (Å²) >= 11 is 0. The van der Waals surface area contributed by atoms with Crippen LogP contribution in [-0.4, -0.2) is 30.4 Å². The maximum absolute atomic E-state index is 9.92. The van der Waals surface area contributed by atoms with Crippen molar-refractivity contribution in [3.63, 3.8) is 0 Å². The molecule has 0 saturated heterocycles. The minimum absolute atomic E-state index is 0.297. The van der Waals surface area contributed by atoms with E-state index in [0.717, 1.165) is 29.9 Å². The minimum atomic E-state index is -0.503. The van der Waals surface area contributed by atoms with E-state index in [1.165, 1.54) is 23.8 Å². The molecule has 0 spiro atoms. The molecule has 2 aromatic rings. The molecule has 4 heteroatoms. The molecule has 0 amide bonds. The molecular weight excluding hydrogens is 278 g/mol. The van der Waals surface area contributed by atoms with Gasteiger partial charge in [0.15, 0.2) is 0 Å². The molecule has 1 atom stereocenters. The van der Waals surface area contributed by atoms with Crippen LogP contribution in [0.3, 0.4) is 0 Å². The molecule has 1 aromatic heterocycles. The summed E-state index contributed by atoms with van der Waals surface area (Å²) in [5.41, 5.74) is 2.29. The van der Waals surface area contributed by atoms with Gasteiger partial charge in [0.25, 0.3) is 0 Å². The van der Waals surface area contributed by atoms with Gasteiger partial charge in [0, 0.05) is 30.0 Å². The number of benzene rings is 1. The topological polar surface area (TPSA) is 54.6 Å². The largest absolute Gasteiger partial charge is 0.491 e. The van der Waals surface area contributed by atoms with Crippen molar-refractivity contribution in [1.82, 2.24) is 5.32 Å². The van der Waals surface area contributed by atoms with Crippen molar-refractivity contribution in [3.05, 3.63) is 29.5 Å². The van der Waals surface area contributed by atoms with E-state index in [9.17, 15) is 5.11 Å². The Morgan fingerprint density at radius 1 is 1.27 bits per heavy atom. The van der Waals surface area contributed by atoms with Gasteiger partial charge in [-0.25, -0.2) is 0 Å². The van der Waals surface area contributed by atoms with Gasteiger partial charge in [-0.3, -0.25) is 0 Å². The molecule has 4 nitrogen and oxygen atoms in total. The third-order valence-corrected chi connectivity index (χ3v) is 4.13. The number of aryl methyl sites for hydroxylation is 2. The molecule has 0 aliphatic heterocycles. The lowest BCUT2D eigenvalue weighted by atomic mass is 9.96. The van der Waals surface area contributed by atoms with Crippen molar-refractivity contribution < 1.29 is 14.3 Å². The monoisotopic (exact) mass is 303 g/mol. The number of nitrogens with one attached hydrogen (secondary N) is 1. The summed E-state index contributed by atoms with van der Waals surface area (Å²) in [7, 11) is 0. The first kappa shape index (κ1) is 15.4. The summed E-state index contributed by atoms with van der Waals surface area (Å²) < 4.78 is 11.7. The highest BCUT2D eigenvalue weighted by Crippen LogP contribution is 2.33. The Labute approximate surface area is 131 Å². The molecule has 22 heavy (non-hydrogen) atoms. The standard InChI is InChI=1S/C18H25NO3/c1-12(2)19-10-13(20)11-21-14-7-8-18-16(9-14)15-5-3-4-6-17(15)22-18/h7-9,12-13,19-20H,3-6,10-11H2,1-2H3. The third-order valence-electron chi connectivity index (χ3n) is 4.13. The smallest absolute Gasteiger partial charge is 0.134 e. The van der Waals surface area contributed by atoms with Gasteiger partial charge in [-0.05, 0) is 37.5 Å². The molecule has 0 fully saturated rings. The number of fused-ring (bicyclic) bond motifs is 3. The van der Waals surface area contributed by atoms with Crippen LogP contribution in [0.25, 0.3) is 11.0 Å². The molecule has 1 aromatic carbocycles. The number of aliphatic hydroxyl groups is 1. The molecule has 1 unspecified atom stereocenters. The molecule has 3 rings (SSSR count). The Morgan fingerprint density at radius 2 is 2.09 bits per heavy atom. The van der Waals surface area contributed by atoms with Crippen molar-refractivity contribution in [1.29, 1.82) is 0 Å². The number of furan rings is 1. The van der Waals surface area contributed by atoms with Crippen molar-refractivity contribution >= 4 is 11.0 Å². The van der Waals surface area contributed by atoms with Crippen LogP contribution in [0.1, 0.15) is 38.0 Å². The zero-order valence-electron chi connectivity index (χ0n) is 13.4. The van der Waals surface area contributed by atoms with Crippen LogP contribution in [0.15, 0.2) is 22.6 Å². The summed E-state index contributed by atoms with van der Waals surface area (Å²) in [5, 5.41) is 14.3. The lowest BCUT2D eigenvalue weighted by Gasteiger charge is -2.15. The van der Waals surface area contributed by atoms with Gasteiger partial charge in [-0.1, -0.05) is 13.8 Å². The second-order valence-corrected chi connectivity index (χ2v) is 6.40. The van der Waals surface area contributed by atoms with Crippen LogP contribution in [0.2, 0.25) is 0 Å². The van der Waals surface area contributed by atoms with Crippen LogP contribution in [-0.2, 0) is 12.8 Å². The molecule has 0 saturated carbocycles. The van der Waals surface area contributed by atoms with Crippen LogP contribution in [0.5, 0.6) is 5.75 Å². The molecule has 1 aliphatic carbocycles. The normalized spacial score (nSPS) is 16.0. The molecule has 1 aliphatic rings. The maximum atomic E-state index is 9.92. The van der Waals surface area contributed by atoms with E-state index in [-0.39, 0.29) is 0 Å². The third kappa shape index (κ3) is 3.45. The second kappa shape index (κ2) is 6.71. The highest BCUT2D eigenvalue weighted by molar-refractivity contribution is 5.84. The summed E-state index contributed by atoms with van der Waals surface area (Å²) in [6.45, 7) is 4.96. The summed E-state index contributed by atoms with van der Waals surface area (Å²) in [5.74, 6) is 1.94. The quantitative estimate of drug-likeness (QED) is 0.861. The number of aliphatic hydroxyl groups excluding tert-OH is 1. The van der Waals surface area contributed by atoms with Gasteiger partial charge in [0.2, 0.25) is 0 Å². The van der Waals surface area contributed by atoms with Gasteiger partial charge < -0.3 is 19.6 Å². The molecular formula is C18H25NO3. The van der Waals surface area contributed by atoms with Crippen LogP contribution < -0.4 is 10.1 Å². The van der Waals surface area contributed by atoms with Gasteiger partial charge in [-0.2, -0.15) is 0 Å². The Balaban J connectivity index is 1.67. The van der Waals surface area contributed by atoms with Gasteiger partial charge >= 0.3 is 0 Å². The predicted molar refractivity (Wildman–Crippen MR) is 87.5 cm³/mol. The summed E-state index contributed by atoms with van der Waals surface area (Å²) in [6.07, 6.45) is 4.07. The van der Waals surface area contributed by atoms with Crippen LogP contribution in [0.4, 0.5) is 0 Å². The van der Waals surface area contributed by atoms with Crippen molar-refractivity contribution in [3.8, 4) is 5.75 Å². The van der Waals surface area contributed by atoms with Gasteiger partial charge in [0.1, 0.15) is 29.8 Å². The van der Waals surface area contributed by atoms with E-state index in [2.05, 4.69) is 19.2 Å². The highest BCUT2D eigenvalue weighted by Gasteiger charge is 2.18. The number of hydrogen-bond acceptors (Lipinski definition) is 4. The van der Waals surface area contributed by atoms with Gasteiger partial charge in [0.05, 0.1) is 0 Å². The Kier molecular flexibility index (Phi) is 4.69. The fraction of sp³-hybridized carbons (Fsp3) is 0.556. The lowest BCUT2D eigenvalue weighted by molar-refractivity contribution is 0.105. The Bertz CT molecular complexity index is 633. The molecule has 120 valence electrons. The minimum Gasteiger partial charge on any atom is -0.491 e. The van der Waals surface area contributed by atoms with Crippen molar-refractivity contribution in [2.45, 2.75) is 51.7 Å². The predicted octanol–water partition coefficient (Wildman–Crippen LogP) is 3.05. The zero-order chi connectivity index (χ0) is 15.5. The number of rotatable bonds is 6. The van der Waals surface area contributed by atoms with Crippen LogP contribution in [0, 0.1) is 0 Å². The molecule has 0 bridgehead atoms.